The van der Waals surface area contributed by atoms with Crippen LogP contribution in [0.4, 0.5) is 17.1 Å². The average molecular weight is 391 g/mol. The van der Waals surface area contributed by atoms with Crippen molar-refractivity contribution < 1.29 is 8.42 Å². The van der Waals surface area contributed by atoms with Gasteiger partial charge in [0.25, 0.3) is 0 Å². The number of nitrogen functional groups attached to an aromatic ring is 1. The standard InChI is InChI=1S/C13H13BrClN3O2S/c1-17-21(19,20)8-5-6-10(16)12(7-8)18-11-4-2-3-9(15)13(11)14/h2-7,17-18H,16H2,1H3. The zero-order valence-corrected chi connectivity index (χ0v) is 14.2. The molecule has 0 amide bonds. The molecule has 0 unspecified atom stereocenters. The largest absolute Gasteiger partial charge is 0.397 e. The molecule has 0 bridgehead atoms. The molecule has 2 rings (SSSR count). The van der Waals surface area contributed by atoms with Crippen molar-refractivity contribution in [2.75, 3.05) is 18.1 Å². The Kier molecular flexibility index (Phi) is 4.77. The summed E-state index contributed by atoms with van der Waals surface area (Å²) in [5, 5.41) is 3.61. The molecule has 112 valence electrons. The normalized spacial score (nSPS) is 11.4. The van der Waals surface area contributed by atoms with Gasteiger partial charge in [-0.2, -0.15) is 0 Å². The summed E-state index contributed by atoms with van der Waals surface area (Å²) in [7, 11) is -2.18. The Labute approximate surface area is 136 Å². The fourth-order valence-corrected chi connectivity index (χ4v) is 2.97. The van der Waals surface area contributed by atoms with Crippen LogP contribution in [0.15, 0.2) is 45.8 Å². The highest BCUT2D eigenvalue weighted by molar-refractivity contribution is 9.10. The number of hydrogen-bond acceptors (Lipinski definition) is 4. The highest BCUT2D eigenvalue weighted by atomic mass is 79.9. The first kappa shape index (κ1) is 16.1. The summed E-state index contributed by atoms with van der Waals surface area (Å²) in [6, 6.07) is 9.76. The summed E-state index contributed by atoms with van der Waals surface area (Å²) in [6.07, 6.45) is 0. The van der Waals surface area contributed by atoms with Gasteiger partial charge in [-0.15, -0.1) is 0 Å². The van der Waals surface area contributed by atoms with Gasteiger partial charge in [-0.25, -0.2) is 13.1 Å². The fraction of sp³-hybridized carbons (Fsp3) is 0.0769. The highest BCUT2D eigenvalue weighted by Crippen LogP contribution is 2.34. The van der Waals surface area contributed by atoms with Crippen molar-refractivity contribution in [2.45, 2.75) is 4.90 Å². The number of sulfonamides is 1. The van der Waals surface area contributed by atoms with Crippen LogP contribution in [0.5, 0.6) is 0 Å². The first-order chi connectivity index (χ1) is 9.85. The molecule has 0 aliphatic rings. The van der Waals surface area contributed by atoms with Crippen molar-refractivity contribution >= 4 is 54.6 Å². The molecule has 0 saturated carbocycles. The molecule has 0 saturated heterocycles. The Bertz CT molecular complexity index is 781. The van der Waals surface area contributed by atoms with Crippen LogP contribution in [0.1, 0.15) is 0 Å². The van der Waals surface area contributed by atoms with Crippen molar-refractivity contribution in [3.8, 4) is 0 Å². The maximum atomic E-state index is 11.8. The third-order valence-corrected chi connectivity index (χ3v) is 5.63. The summed E-state index contributed by atoms with van der Waals surface area (Å²) < 4.78 is 26.6. The van der Waals surface area contributed by atoms with Gasteiger partial charge in [0.05, 0.1) is 31.5 Å². The second kappa shape index (κ2) is 6.23. The summed E-state index contributed by atoms with van der Waals surface area (Å²) in [6.45, 7) is 0. The molecule has 0 aliphatic carbocycles. The molecule has 2 aromatic rings. The summed E-state index contributed by atoms with van der Waals surface area (Å²) >= 11 is 9.39. The van der Waals surface area contributed by atoms with Gasteiger partial charge in [0, 0.05) is 0 Å². The zero-order chi connectivity index (χ0) is 15.6. The van der Waals surface area contributed by atoms with Crippen LogP contribution in [0.2, 0.25) is 5.02 Å². The maximum absolute atomic E-state index is 11.8. The Morgan fingerprint density at radius 3 is 2.57 bits per heavy atom. The van der Waals surface area contributed by atoms with E-state index in [1.165, 1.54) is 25.2 Å². The predicted octanol–water partition coefficient (Wildman–Crippen LogP) is 3.34. The second-order valence-corrected chi connectivity index (χ2v) is 7.27. The molecule has 5 nitrogen and oxygen atoms in total. The average Bonchev–Trinajstić information content (AvgIpc) is 2.46. The molecule has 4 N–H and O–H groups in total. The molecule has 2 aromatic carbocycles. The number of benzene rings is 2. The van der Waals surface area contributed by atoms with E-state index in [-0.39, 0.29) is 4.90 Å². The minimum atomic E-state index is -3.53. The van der Waals surface area contributed by atoms with Crippen LogP contribution in [-0.4, -0.2) is 15.5 Å². The van der Waals surface area contributed by atoms with Gasteiger partial charge in [0.15, 0.2) is 0 Å². The van der Waals surface area contributed by atoms with Gasteiger partial charge in [-0.3, -0.25) is 0 Å². The molecule has 21 heavy (non-hydrogen) atoms. The number of rotatable bonds is 4. The first-order valence-corrected chi connectivity index (χ1v) is 8.54. The van der Waals surface area contributed by atoms with E-state index in [1.54, 1.807) is 18.2 Å². The van der Waals surface area contributed by atoms with Crippen LogP contribution in [-0.2, 0) is 10.0 Å². The van der Waals surface area contributed by atoms with Gasteiger partial charge in [-0.1, -0.05) is 17.7 Å². The van der Waals surface area contributed by atoms with Crippen molar-refractivity contribution in [1.29, 1.82) is 0 Å². The van der Waals surface area contributed by atoms with E-state index in [9.17, 15) is 8.42 Å². The topological polar surface area (TPSA) is 84.2 Å². The minimum absolute atomic E-state index is 0.125. The Morgan fingerprint density at radius 1 is 1.19 bits per heavy atom. The molecular weight excluding hydrogens is 378 g/mol. The lowest BCUT2D eigenvalue weighted by atomic mass is 10.2. The third kappa shape index (κ3) is 3.49. The van der Waals surface area contributed by atoms with Gasteiger partial charge in [0.2, 0.25) is 10.0 Å². The van der Waals surface area contributed by atoms with Crippen LogP contribution < -0.4 is 15.8 Å². The molecule has 0 atom stereocenters. The SMILES string of the molecule is CNS(=O)(=O)c1ccc(N)c(Nc2cccc(Cl)c2Br)c1. The first-order valence-electron chi connectivity index (χ1n) is 5.89. The number of hydrogen-bond donors (Lipinski definition) is 3. The van der Waals surface area contributed by atoms with Crippen molar-refractivity contribution in [3.63, 3.8) is 0 Å². The highest BCUT2D eigenvalue weighted by Gasteiger charge is 2.14. The van der Waals surface area contributed by atoms with E-state index in [0.29, 0.717) is 26.6 Å². The molecule has 0 heterocycles. The number of anilines is 3. The summed E-state index contributed by atoms with van der Waals surface area (Å²) in [5.74, 6) is 0. The maximum Gasteiger partial charge on any atom is 0.240 e. The van der Waals surface area contributed by atoms with Crippen LogP contribution in [0.25, 0.3) is 0 Å². The second-order valence-electron chi connectivity index (χ2n) is 4.18. The smallest absolute Gasteiger partial charge is 0.240 e. The van der Waals surface area contributed by atoms with Gasteiger partial charge >= 0.3 is 0 Å². The van der Waals surface area contributed by atoms with Gasteiger partial charge in [0.1, 0.15) is 0 Å². The van der Waals surface area contributed by atoms with Crippen molar-refractivity contribution in [2.24, 2.45) is 0 Å². The lowest BCUT2D eigenvalue weighted by Gasteiger charge is -2.13. The van der Waals surface area contributed by atoms with E-state index in [2.05, 4.69) is 26.0 Å². The van der Waals surface area contributed by atoms with Gasteiger partial charge in [-0.05, 0) is 53.3 Å². The quantitative estimate of drug-likeness (QED) is 0.699. The zero-order valence-electron chi connectivity index (χ0n) is 11.0. The number of halogens is 2. The predicted molar refractivity (Wildman–Crippen MR) is 89.5 cm³/mol. The molecule has 0 fully saturated rings. The van der Waals surface area contributed by atoms with E-state index < -0.39 is 10.0 Å². The molecule has 0 aliphatic heterocycles. The Morgan fingerprint density at radius 2 is 1.90 bits per heavy atom. The van der Waals surface area contributed by atoms with Crippen LogP contribution in [0, 0.1) is 0 Å². The number of nitrogens with two attached hydrogens (primary N) is 1. The van der Waals surface area contributed by atoms with Gasteiger partial charge < -0.3 is 11.1 Å². The van der Waals surface area contributed by atoms with Crippen molar-refractivity contribution in [1.82, 2.24) is 4.72 Å². The minimum Gasteiger partial charge on any atom is -0.397 e. The lowest BCUT2D eigenvalue weighted by molar-refractivity contribution is 0.588. The van der Waals surface area contributed by atoms with E-state index in [0.717, 1.165) is 0 Å². The summed E-state index contributed by atoms with van der Waals surface area (Å²) in [4.78, 5) is 0.125. The molecular formula is C13H13BrClN3O2S. The van der Waals surface area contributed by atoms with Crippen LogP contribution >= 0.6 is 27.5 Å². The number of nitrogens with one attached hydrogen (secondary N) is 2. The molecule has 0 radical (unpaired) electrons. The van der Waals surface area contributed by atoms with Crippen LogP contribution in [0.3, 0.4) is 0 Å². The van der Waals surface area contributed by atoms with E-state index in [4.69, 9.17) is 17.3 Å². The Balaban J connectivity index is 2.45. The fourth-order valence-electron chi connectivity index (χ4n) is 1.67. The molecule has 0 aromatic heterocycles. The molecule has 8 heteroatoms. The Hall–Kier alpha value is -1.28. The molecule has 0 spiro atoms. The van der Waals surface area contributed by atoms with E-state index >= 15 is 0 Å². The lowest BCUT2D eigenvalue weighted by Crippen LogP contribution is -2.18. The summed E-state index contributed by atoms with van der Waals surface area (Å²) in [5.41, 5.74) is 7.48. The third-order valence-electron chi connectivity index (χ3n) is 2.82. The monoisotopic (exact) mass is 389 g/mol. The van der Waals surface area contributed by atoms with Crippen molar-refractivity contribution in [3.05, 3.63) is 45.9 Å². The van der Waals surface area contributed by atoms with E-state index in [1.807, 2.05) is 0 Å².